The summed E-state index contributed by atoms with van der Waals surface area (Å²) in [6.07, 6.45) is 2.82. The molecule has 3 aromatic rings. The van der Waals surface area contributed by atoms with Gasteiger partial charge in [-0.2, -0.15) is 5.10 Å². The first-order valence-corrected chi connectivity index (χ1v) is 8.83. The lowest BCUT2D eigenvalue weighted by Crippen LogP contribution is -2.20. The quantitative estimate of drug-likeness (QED) is 0.494. The lowest BCUT2D eigenvalue weighted by molar-refractivity contribution is 0.0952. The van der Waals surface area contributed by atoms with Crippen molar-refractivity contribution < 1.29 is 9.90 Å². The predicted octanol–water partition coefficient (Wildman–Crippen LogP) is 4.87. The molecule has 0 radical (unpaired) electrons. The number of phenolic OH excluding ortho intramolecular Hbond substituents is 1. The second kappa shape index (κ2) is 8.30. The van der Waals surface area contributed by atoms with E-state index in [0.29, 0.717) is 0 Å². The second-order valence-corrected chi connectivity index (χ2v) is 6.19. The molecule has 0 heterocycles. The summed E-state index contributed by atoms with van der Waals surface area (Å²) in [5.41, 5.74) is 4.64. The molecule has 0 aliphatic rings. The number of nitrogens with zero attached hydrogens (tertiary/aromatic N) is 1. The Morgan fingerprint density at radius 1 is 1.00 bits per heavy atom. The lowest BCUT2D eigenvalue weighted by atomic mass is 10.0. The first kappa shape index (κ1) is 17.7. The number of benzene rings is 3. The molecule has 0 spiro atoms. The number of hydrazone groups is 1. The van der Waals surface area contributed by atoms with Crippen LogP contribution in [0.1, 0.15) is 42.1 Å². The summed E-state index contributed by atoms with van der Waals surface area (Å²) in [4.78, 5) is 12.5. The number of rotatable bonds is 6. The highest BCUT2D eigenvalue weighted by atomic mass is 16.3. The average Bonchev–Trinajstić information content (AvgIpc) is 2.68. The van der Waals surface area contributed by atoms with Crippen molar-refractivity contribution in [3.05, 3.63) is 77.9 Å². The Balaban J connectivity index is 1.85. The molecule has 0 atom stereocenters. The van der Waals surface area contributed by atoms with Crippen molar-refractivity contribution >= 4 is 22.4 Å². The maximum Gasteiger partial charge on any atom is 0.275 e. The van der Waals surface area contributed by atoms with Crippen LogP contribution in [0.5, 0.6) is 5.75 Å². The summed E-state index contributed by atoms with van der Waals surface area (Å²) in [5.74, 6) is -0.468. The number of carbonyl (C=O) groups excluding carboxylic acids is 1. The van der Waals surface area contributed by atoms with Crippen LogP contribution in [0, 0.1) is 0 Å². The van der Waals surface area contributed by atoms with Crippen molar-refractivity contribution in [2.45, 2.75) is 26.2 Å². The first-order valence-electron chi connectivity index (χ1n) is 8.83. The molecule has 0 saturated carbocycles. The van der Waals surface area contributed by atoms with Gasteiger partial charge in [-0.1, -0.05) is 67.9 Å². The fourth-order valence-electron chi connectivity index (χ4n) is 2.83. The molecular formula is C22H22N2O2. The van der Waals surface area contributed by atoms with Gasteiger partial charge in [-0.05, 0) is 41.3 Å². The molecule has 3 aromatic carbocycles. The highest BCUT2D eigenvalue weighted by Gasteiger charge is 2.13. The Kier molecular flexibility index (Phi) is 5.64. The topological polar surface area (TPSA) is 61.7 Å². The van der Waals surface area contributed by atoms with Crippen molar-refractivity contribution in [2.24, 2.45) is 5.10 Å². The number of hydrogen-bond donors (Lipinski definition) is 2. The van der Waals surface area contributed by atoms with E-state index in [2.05, 4.69) is 17.5 Å². The summed E-state index contributed by atoms with van der Waals surface area (Å²) >= 11 is 0. The van der Waals surface area contributed by atoms with Gasteiger partial charge in [0.15, 0.2) is 0 Å². The van der Waals surface area contributed by atoms with Crippen molar-refractivity contribution in [2.75, 3.05) is 0 Å². The number of unbranched alkanes of at least 4 members (excludes halogenated alkanes) is 1. The molecule has 3 rings (SSSR count). The highest BCUT2D eigenvalue weighted by Crippen LogP contribution is 2.24. The van der Waals surface area contributed by atoms with Crippen LogP contribution in [0.2, 0.25) is 0 Å². The monoisotopic (exact) mass is 346 g/mol. The third kappa shape index (κ3) is 4.09. The molecule has 0 aliphatic carbocycles. The van der Waals surface area contributed by atoms with E-state index in [0.717, 1.165) is 41.3 Å². The third-order valence-corrected chi connectivity index (χ3v) is 4.28. The SMILES string of the molecule is CCCC/C(=N\NC(=O)c1cc2ccccc2cc1O)c1ccccc1. The van der Waals surface area contributed by atoms with Gasteiger partial charge < -0.3 is 5.11 Å². The smallest absolute Gasteiger partial charge is 0.275 e. The second-order valence-electron chi connectivity index (χ2n) is 6.19. The number of amides is 1. The number of nitrogens with one attached hydrogen (secondary N) is 1. The fourth-order valence-corrected chi connectivity index (χ4v) is 2.83. The molecule has 132 valence electrons. The fraction of sp³-hybridized carbons (Fsp3) is 0.182. The minimum atomic E-state index is -0.418. The zero-order valence-corrected chi connectivity index (χ0v) is 14.8. The molecule has 0 aliphatic heterocycles. The van der Waals surface area contributed by atoms with Crippen LogP contribution in [-0.4, -0.2) is 16.7 Å². The average molecular weight is 346 g/mol. The molecule has 0 bridgehead atoms. The zero-order valence-electron chi connectivity index (χ0n) is 14.8. The molecule has 4 heteroatoms. The van der Waals surface area contributed by atoms with Crippen molar-refractivity contribution in [1.29, 1.82) is 0 Å². The number of phenols is 1. The van der Waals surface area contributed by atoms with E-state index < -0.39 is 5.91 Å². The first-order chi connectivity index (χ1) is 12.7. The summed E-state index contributed by atoms with van der Waals surface area (Å²) in [6.45, 7) is 2.12. The van der Waals surface area contributed by atoms with Crippen molar-refractivity contribution in [3.8, 4) is 5.75 Å². The van der Waals surface area contributed by atoms with Crippen LogP contribution in [0.15, 0.2) is 71.8 Å². The minimum Gasteiger partial charge on any atom is -0.507 e. The molecule has 26 heavy (non-hydrogen) atoms. The van der Waals surface area contributed by atoms with E-state index >= 15 is 0 Å². The van der Waals surface area contributed by atoms with E-state index in [1.165, 1.54) is 0 Å². The number of fused-ring (bicyclic) bond motifs is 1. The molecule has 0 saturated heterocycles. The molecule has 2 N–H and O–H groups in total. The number of carbonyl (C=O) groups is 1. The van der Waals surface area contributed by atoms with E-state index in [9.17, 15) is 9.90 Å². The van der Waals surface area contributed by atoms with Gasteiger partial charge in [0.25, 0.3) is 5.91 Å². The number of aromatic hydroxyl groups is 1. The molecule has 1 amide bonds. The Morgan fingerprint density at radius 3 is 2.35 bits per heavy atom. The molecule has 0 aromatic heterocycles. The van der Waals surface area contributed by atoms with Gasteiger partial charge in [-0.25, -0.2) is 5.43 Å². The van der Waals surface area contributed by atoms with Gasteiger partial charge in [0.1, 0.15) is 5.75 Å². The maximum absolute atomic E-state index is 12.5. The van der Waals surface area contributed by atoms with Crippen molar-refractivity contribution in [3.63, 3.8) is 0 Å². The van der Waals surface area contributed by atoms with Crippen LogP contribution in [0.3, 0.4) is 0 Å². The van der Waals surface area contributed by atoms with Gasteiger partial charge in [-0.15, -0.1) is 0 Å². The molecule has 0 unspecified atom stereocenters. The normalized spacial score (nSPS) is 11.5. The Bertz CT molecular complexity index is 933. The molecular weight excluding hydrogens is 324 g/mol. The summed E-state index contributed by atoms with van der Waals surface area (Å²) in [5, 5.41) is 16.3. The van der Waals surface area contributed by atoms with E-state index in [1.54, 1.807) is 12.1 Å². The predicted molar refractivity (Wildman–Crippen MR) is 106 cm³/mol. The van der Waals surface area contributed by atoms with Crippen LogP contribution in [0.25, 0.3) is 10.8 Å². The molecule has 0 fully saturated rings. The minimum absolute atomic E-state index is 0.0498. The van der Waals surface area contributed by atoms with Gasteiger partial charge >= 0.3 is 0 Å². The summed E-state index contributed by atoms with van der Waals surface area (Å²) < 4.78 is 0. The third-order valence-electron chi connectivity index (χ3n) is 4.28. The largest absolute Gasteiger partial charge is 0.507 e. The Labute approximate surface area is 153 Å². The van der Waals surface area contributed by atoms with Crippen LogP contribution >= 0.6 is 0 Å². The van der Waals surface area contributed by atoms with Crippen LogP contribution in [-0.2, 0) is 0 Å². The van der Waals surface area contributed by atoms with Crippen LogP contribution < -0.4 is 5.43 Å². The standard InChI is InChI=1S/C22H22N2O2/c1-2-3-13-20(16-9-5-4-6-10-16)23-24-22(26)19-14-17-11-7-8-12-18(17)15-21(19)25/h4-12,14-15,25H,2-3,13H2,1H3,(H,24,26)/b23-20+. The van der Waals surface area contributed by atoms with E-state index in [4.69, 9.17) is 0 Å². The highest BCUT2D eigenvalue weighted by molar-refractivity contribution is 6.04. The Morgan fingerprint density at radius 2 is 1.65 bits per heavy atom. The van der Waals surface area contributed by atoms with Crippen molar-refractivity contribution in [1.82, 2.24) is 5.43 Å². The zero-order chi connectivity index (χ0) is 18.4. The summed E-state index contributed by atoms with van der Waals surface area (Å²) in [7, 11) is 0. The molecule has 4 nitrogen and oxygen atoms in total. The van der Waals surface area contributed by atoms with Gasteiger partial charge in [0, 0.05) is 0 Å². The maximum atomic E-state index is 12.5. The van der Waals surface area contributed by atoms with Gasteiger partial charge in [0.05, 0.1) is 11.3 Å². The van der Waals surface area contributed by atoms with Gasteiger partial charge in [0.2, 0.25) is 0 Å². The van der Waals surface area contributed by atoms with Gasteiger partial charge in [-0.3, -0.25) is 4.79 Å². The summed E-state index contributed by atoms with van der Waals surface area (Å²) in [6, 6.07) is 20.7. The Hall–Kier alpha value is -3.14. The number of hydrogen-bond acceptors (Lipinski definition) is 3. The van der Waals surface area contributed by atoms with Crippen LogP contribution in [0.4, 0.5) is 0 Å². The lowest BCUT2D eigenvalue weighted by Gasteiger charge is -2.09. The van der Waals surface area contributed by atoms with E-state index in [-0.39, 0.29) is 11.3 Å². The van der Waals surface area contributed by atoms with E-state index in [1.807, 2.05) is 54.6 Å².